The monoisotopic (exact) mass is 325 g/mol. The molecule has 0 spiro atoms. The molecule has 0 radical (unpaired) electrons. The minimum Gasteiger partial charge on any atom is -0.367 e. The molecule has 2 aromatic rings. The summed E-state index contributed by atoms with van der Waals surface area (Å²) in [7, 11) is 0. The van der Waals surface area contributed by atoms with Crippen LogP contribution in [0.15, 0.2) is 30.9 Å². The highest BCUT2D eigenvalue weighted by Crippen LogP contribution is 2.48. The average molecular weight is 326 g/mol. The molecule has 1 atom stereocenters. The molecule has 3 rings (SSSR count). The zero-order valence-corrected chi connectivity index (χ0v) is 13.5. The molecule has 1 aromatic heterocycles. The number of epoxide rings is 1. The normalized spacial score (nSPS) is 21.5. The van der Waals surface area contributed by atoms with E-state index in [1.165, 1.54) is 0 Å². The molecule has 1 aliphatic rings. The maximum atomic E-state index is 6.30. The molecule has 1 aromatic carbocycles. The molecule has 0 N–H and O–H groups in total. The van der Waals surface area contributed by atoms with Crippen molar-refractivity contribution in [2.75, 3.05) is 6.61 Å². The zero-order valence-electron chi connectivity index (χ0n) is 12.0. The standard InChI is InChI=1S/C15H17Cl2N3O/c1-14(2,6-11-3-4-12(16)5-13(11)17)15(8-21-15)7-20-10-18-9-19-20/h3-5,9-10H,6-8H2,1-2H3. The van der Waals surface area contributed by atoms with E-state index in [1.54, 1.807) is 18.7 Å². The summed E-state index contributed by atoms with van der Waals surface area (Å²) in [5.74, 6) is 0. The summed E-state index contributed by atoms with van der Waals surface area (Å²) in [6.45, 7) is 5.82. The van der Waals surface area contributed by atoms with Gasteiger partial charge in [-0.2, -0.15) is 5.10 Å². The molecule has 1 aliphatic heterocycles. The minimum absolute atomic E-state index is 0.0730. The zero-order chi connectivity index (χ0) is 15.1. The highest BCUT2D eigenvalue weighted by molar-refractivity contribution is 6.35. The van der Waals surface area contributed by atoms with Crippen molar-refractivity contribution in [3.8, 4) is 0 Å². The summed E-state index contributed by atoms with van der Waals surface area (Å²) in [4.78, 5) is 3.98. The summed E-state index contributed by atoms with van der Waals surface area (Å²) >= 11 is 12.3. The number of benzene rings is 1. The van der Waals surface area contributed by atoms with Crippen LogP contribution in [-0.2, 0) is 17.7 Å². The Bertz CT molecular complexity index is 636. The third kappa shape index (κ3) is 2.93. The molecule has 0 aliphatic carbocycles. The Morgan fingerprint density at radius 2 is 2.14 bits per heavy atom. The van der Waals surface area contributed by atoms with Crippen LogP contribution in [0.4, 0.5) is 0 Å². The number of aromatic nitrogens is 3. The topological polar surface area (TPSA) is 43.2 Å². The minimum atomic E-state index is -0.219. The lowest BCUT2D eigenvalue weighted by Gasteiger charge is -2.32. The summed E-state index contributed by atoms with van der Waals surface area (Å²) < 4.78 is 7.63. The van der Waals surface area contributed by atoms with Crippen molar-refractivity contribution in [3.63, 3.8) is 0 Å². The van der Waals surface area contributed by atoms with E-state index in [4.69, 9.17) is 27.9 Å². The third-order valence-corrected chi connectivity index (χ3v) is 4.84. The predicted octanol–water partition coefficient (Wildman–Crippen LogP) is 3.62. The van der Waals surface area contributed by atoms with E-state index >= 15 is 0 Å². The van der Waals surface area contributed by atoms with Gasteiger partial charge in [-0.05, 0) is 24.1 Å². The van der Waals surface area contributed by atoms with Crippen molar-refractivity contribution in [3.05, 3.63) is 46.5 Å². The highest BCUT2D eigenvalue weighted by atomic mass is 35.5. The third-order valence-electron chi connectivity index (χ3n) is 4.26. The number of hydrogen-bond acceptors (Lipinski definition) is 3. The second kappa shape index (κ2) is 5.27. The Balaban J connectivity index is 1.80. The van der Waals surface area contributed by atoms with Gasteiger partial charge in [0.05, 0.1) is 13.2 Å². The lowest BCUT2D eigenvalue weighted by Crippen LogP contribution is -2.39. The van der Waals surface area contributed by atoms with Crippen molar-refractivity contribution >= 4 is 23.2 Å². The number of halogens is 2. The summed E-state index contributed by atoms with van der Waals surface area (Å²) in [6.07, 6.45) is 4.08. The molecule has 2 heterocycles. The molecule has 4 nitrogen and oxygen atoms in total. The van der Waals surface area contributed by atoms with Crippen LogP contribution in [-0.4, -0.2) is 27.0 Å². The first-order valence-electron chi connectivity index (χ1n) is 6.82. The average Bonchev–Trinajstić information content (AvgIpc) is 3.02. The van der Waals surface area contributed by atoms with Gasteiger partial charge in [0.15, 0.2) is 0 Å². The van der Waals surface area contributed by atoms with Gasteiger partial charge in [-0.25, -0.2) is 9.67 Å². The van der Waals surface area contributed by atoms with E-state index in [1.807, 2.05) is 16.8 Å². The van der Waals surface area contributed by atoms with Gasteiger partial charge in [-0.15, -0.1) is 0 Å². The Morgan fingerprint density at radius 1 is 1.38 bits per heavy atom. The van der Waals surface area contributed by atoms with Crippen LogP contribution in [0.2, 0.25) is 10.0 Å². The van der Waals surface area contributed by atoms with Crippen LogP contribution in [0, 0.1) is 5.41 Å². The quantitative estimate of drug-likeness (QED) is 0.788. The van der Waals surface area contributed by atoms with Gasteiger partial charge < -0.3 is 4.74 Å². The lowest BCUT2D eigenvalue weighted by molar-refractivity contribution is 0.114. The fraction of sp³-hybridized carbons (Fsp3) is 0.467. The molecule has 1 saturated heterocycles. The molecule has 0 saturated carbocycles. The maximum Gasteiger partial charge on any atom is 0.137 e. The van der Waals surface area contributed by atoms with Crippen LogP contribution in [0.1, 0.15) is 19.4 Å². The van der Waals surface area contributed by atoms with E-state index in [-0.39, 0.29) is 11.0 Å². The molecule has 0 bridgehead atoms. The smallest absolute Gasteiger partial charge is 0.137 e. The first-order chi connectivity index (χ1) is 9.92. The van der Waals surface area contributed by atoms with E-state index in [9.17, 15) is 0 Å². The Labute approximate surface area is 134 Å². The van der Waals surface area contributed by atoms with Crippen LogP contribution < -0.4 is 0 Å². The summed E-state index contributed by atoms with van der Waals surface area (Å²) in [5.41, 5.74) is 0.791. The van der Waals surface area contributed by atoms with Gasteiger partial charge in [0.25, 0.3) is 0 Å². The van der Waals surface area contributed by atoms with Gasteiger partial charge in [-0.3, -0.25) is 0 Å². The molecule has 112 valence electrons. The molecular formula is C15H17Cl2N3O. The van der Waals surface area contributed by atoms with E-state index in [0.717, 1.165) is 18.6 Å². The molecule has 0 amide bonds. The van der Waals surface area contributed by atoms with Crippen molar-refractivity contribution in [1.82, 2.24) is 14.8 Å². The van der Waals surface area contributed by atoms with Gasteiger partial charge in [0, 0.05) is 15.5 Å². The van der Waals surface area contributed by atoms with Crippen LogP contribution in [0.3, 0.4) is 0 Å². The number of ether oxygens (including phenoxy) is 1. The van der Waals surface area contributed by atoms with Gasteiger partial charge in [0.1, 0.15) is 18.3 Å². The van der Waals surface area contributed by atoms with Gasteiger partial charge in [-0.1, -0.05) is 43.1 Å². The summed E-state index contributed by atoms with van der Waals surface area (Å²) in [5, 5.41) is 5.53. The van der Waals surface area contributed by atoms with Crippen molar-refractivity contribution in [2.24, 2.45) is 5.41 Å². The maximum absolute atomic E-state index is 6.30. The van der Waals surface area contributed by atoms with Crippen LogP contribution in [0.5, 0.6) is 0 Å². The Kier molecular flexibility index (Phi) is 3.72. The van der Waals surface area contributed by atoms with E-state index < -0.39 is 0 Å². The number of nitrogens with zero attached hydrogens (tertiary/aromatic N) is 3. The van der Waals surface area contributed by atoms with E-state index in [2.05, 4.69) is 23.9 Å². The van der Waals surface area contributed by atoms with Crippen molar-refractivity contribution in [1.29, 1.82) is 0 Å². The fourth-order valence-electron chi connectivity index (χ4n) is 2.66. The van der Waals surface area contributed by atoms with Gasteiger partial charge in [0.2, 0.25) is 0 Å². The molecule has 6 heteroatoms. The SMILES string of the molecule is CC(C)(Cc1ccc(Cl)cc1Cl)C1(Cn2cncn2)CO1. The first-order valence-corrected chi connectivity index (χ1v) is 7.58. The molecule has 21 heavy (non-hydrogen) atoms. The van der Waals surface area contributed by atoms with Crippen LogP contribution in [0.25, 0.3) is 0 Å². The Morgan fingerprint density at radius 3 is 2.71 bits per heavy atom. The Hall–Kier alpha value is -1.10. The first kappa shape index (κ1) is 14.8. The molecule has 1 fully saturated rings. The second-order valence-electron chi connectivity index (χ2n) is 6.17. The number of rotatable bonds is 5. The number of hydrogen-bond donors (Lipinski definition) is 0. The van der Waals surface area contributed by atoms with E-state index in [0.29, 0.717) is 16.6 Å². The highest BCUT2D eigenvalue weighted by Gasteiger charge is 2.56. The van der Waals surface area contributed by atoms with Crippen LogP contribution >= 0.6 is 23.2 Å². The lowest BCUT2D eigenvalue weighted by atomic mass is 9.74. The summed E-state index contributed by atoms with van der Waals surface area (Å²) in [6, 6.07) is 5.64. The fourth-order valence-corrected chi connectivity index (χ4v) is 3.14. The van der Waals surface area contributed by atoms with Gasteiger partial charge >= 0.3 is 0 Å². The predicted molar refractivity (Wildman–Crippen MR) is 82.7 cm³/mol. The van der Waals surface area contributed by atoms with Crippen molar-refractivity contribution < 1.29 is 4.74 Å². The second-order valence-corrected chi connectivity index (χ2v) is 7.02. The molecular weight excluding hydrogens is 309 g/mol. The largest absolute Gasteiger partial charge is 0.367 e. The molecule has 1 unspecified atom stereocenters. The van der Waals surface area contributed by atoms with Crippen molar-refractivity contribution in [2.45, 2.75) is 32.4 Å².